The van der Waals surface area contributed by atoms with Gasteiger partial charge in [-0.3, -0.25) is 4.79 Å². The molecule has 1 aliphatic carbocycles. The van der Waals surface area contributed by atoms with Crippen LogP contribution in [0.15, 0.2) is 30.3 Å². The van der Waals surface area contributed by atoms with Gasteiger partial charge in [0.25, 0.3) is 0 Å². The van der Waals surface area contributed by atoms with E-state index in [0.717, 1.165) is 5.56 Å². The molecule has 0 unspecified atom stereocenters. The van der Waals surface area contributed by atoms with Crippen molar-refractivity contribution >= 4 is 5.91 Å². The number of rotatable bonds is 6. The van der Waals surface area contributed by atoms with Crippen molar-refractivity contribution in [1.29, 1.82) is 0 Å². The molecule has 0 radical (unpaired) electrons. The molecule has 1 fully saturated rings. The molecule has 3 atom stereocenters. The molecule has 2 rings (SSSR count). The number of hydrogen-bond acceptors (Lipinski definition) is 3. The van der Waals surface area contributed by atoms with Gasteiger partial charge in [0.2, 0.25) is 5.91 Å². The van der Waals surface area contributed by atoms with Crippen molar-refractivity contribution < 1.29 is 14.6 Å². The quantitative estimate of drug-likeness (QED) is 0.849. The lowest BCUT2D eigenvalue weighted by Crippen LogP contribution is -2.68. The molecule has 0 heterocycles. The Balaban J connectivity index is 1.92. The van der Waals surface area contributed by atoms with Crippen molar-refractivity contribution in [2.45, 2.75) is 51.7 Å². The number of amides is 1. The van der Waals surface area contributed by atoms with Gasteiger partial charge >= 0.3 is 0 Å². The summed E-state index contributed by atoms with van der Waals surface area (Å²) in [6.45, 7) is 8.72. The molecular formula is C18H27NO3. The highest BCUT2D eigenvalue weighted by Crippen LogP contribution is 2.50. The predicted molar refractivity (Wildman–Crippen MR) is 86.6 cm³/mol. The van der Waals surface area contributed by atoms with E-state index in [1.165, 1.54) is 0 Å². The van der Waals surface area contributed by atoms with Gasteiger partial charge in [-0.1, -0.05) is 44.2 Å². The molecule has 0 aliphatic heterocycles. The lowest BCUT2D eigenvalue weighted by Gasteiger charge is -2.58. The number of ether oxygens (including phenoxy) is 1. The second-order valence-corrected chi connectivity index (χ2v) is 6.75. The second-order valence-electron chi connectivity index (χ2n) is 6.75. The van der Waals surface area contributed by atoms with Crippen LogP contribution in [0.2, 0.25) is 0 Å². The monoisotopic (exact) mass is 305 g/mol. The number of benzene rings is 1. The smallest absolute Gasteiger partial charge is 0.227 e. The molecule has 22 heavy (non-hydrogen) atoms. The molecule has 4 nitrogen and oxygen atoms in total. The Labute approximate surface area is 132 Å². The molecule has 0 aromatic heterocycles. The van der Waals surface area contributed by atoms with Gasteiger partial charge in [-0.15, -0.1) is 0 Å². The fourth-order valence-corrected chi connectivity index (χ4v) is 3.04. The van der Waals surface area contributed by atoms with Crippen molar-refractivity contribution in [2.75, 3.05) is 13.2 Å². The van der Waals surface area contributed by atoms with Gasteiger partial charge in [0.1, 0.15) is 0 Å². The molecule has 0 spiro atoms. The zero-order valence-electron chi connectivity index (χ0n) is 13.9. The summed E-state index contributed by atoms with van der Waals surface area (Å²) in [6.07, 6.45) is 0.611. The molecule has 1 aliphatic rings. The lowest BCUT2D eigenvalue weighted by atomic mass is 9.56. The van der Waals surface area contributed by atoms with E-state index in [-0.39, 0.29) is 29.9 Å². The fourth-order valence-electron chi connectivity index (χ4n) is 3.04. The third-order valence-electron chi connectivity index (χ3n) is 5.14. The van der Waals surface area contributed by atoms with Crippen LogP contribution in [0.25, 0.3) is 0 Å². The Bertz CT molecular complexity index is 514. The summed E-state index contributed by atoms with van der Waals surface area (Å²) in [5, 5.41) is 13.6. The summed E-state index contributed by atoms with van der Waals surface area (Å²) in [6, 6.07) is 9.67. The number of nitrogens with one attached hydrogen (secondary N) is 1. The summed E-state index contributed by atoms with van der Waals surface area (Å²) in [5.41, 5.74) is -0.280. The third-order valence-corrected chi connectivity index (χ3v) is 5.14. The minimum atomic E-state index is -0.904. The summed E-state index contributed by atoms with van der Waals surface area (Å²) >= 11 is 0. The van der Waals surface area contributed by atoms with Crippen LogP contribution in [-0.4, -0.2) is 35.9 Å². The number of carbonyl (C=O) groups excluding carboxylic acids is 1. The van der Waals surface area contributed by atoms with Crippen LogP contribution in [-0.2, 0) is 9.53 Å². The molecule has 1 aromatic carbocycles. The average Bonchev–Trinajstić information content (AvgIpc) is 2.52. The third kappa shape index (κ3) is 3.03. The highest BCUT2D eigenvalue weighted by molar-refractivity contribution is 5.83. The summed E-state index contributed by atoms with van der Waals surface area (Å²) in [7, 11) is 0. The zero-order valence-corrected chi connectivity index (χ0v) is 13.9. The average molecular weight is 305 g/mol. The van der Waals surface area contributed by atoms with Crippen LogP contribution in [0, 0.1) is 5.41 Å². The predicted octanol–water partition coefficient (Wildman–Crippen LogP) is 2.47. The highest BCUT2D eigenvalue weighted by Gasteiger charge is 2.59. The fraction of sp³-hybridized carbons (Fsp3) is 0.611. The maximum absolute atomic E-state index is 12.3. The first-order valence-corrected chi connectivity index (χ1v) is 7.98. The van der Waals surface area contributed by atoms with Crippen molar-refractivity contribution in [3.05, 3.63) is 35.9 Å². The van der Waals surface area contributed by atoms with Crippen LogP contribution in [0.4, 0.5) is 0 Å². The maximum Gasteiger partial charge on any atom is 0.227 e. The normalized spacial score (nSPS) is 27.8. The van der Waals surface area contributed by atoms with E-state index in [9.17, 15) is 9.90 Å². The van der Waals surface area contributed by atoms with Gasteiger partial charge < -0.3 is 15.2 Å². The molecule has 1 aromatic rings. The number of carbonyl (C=O) groups is 1. The zero-order chi connectivity index (χ0) is 16.4. The second kappa shape index (κ2) is 6.39. The van der Waals surface area contributed by atoms with Crippen molar-refractivity contribution in [3.63, 3.8) is 0 Å². The molecular weight excluding hydrogens is 278 g/mol. The number of hydrogen-bond donors (Lipinski definition) is 2. The van der Waals surface area contributed by atoms with Crippen LogP contribution in [0.3, 0.4) is 0 Å². The van der Waals surface area contributed by atoms with Crippen LogP contribution < -0.4 is 5.32 Å². The molecule has 1 amide bonds. The lowest BCUT2D eigenvalue weighted by molar-refractivity contribution is -0.238. The standard InChI is InChI=1S/C18H27NO3/c1-5-22-15-11-18(21,17(15,3)4)12-19-16(20)13(2)14-9-7-6-8-10-14/h6-10,13,15,21H,5,11-12H2,1-4H3,(H,19,20)/t13-,15-,18-/m0/s1. The molecule has 0 bridgehead atoms. The first kappa shape index (κ1) is 17.0. The van der Waals surface area contributed by atoms with Gasteiger partial charge in [-0.2, -0.15) is 0 Å². The topological polar surface area (TPSA) is 58.6 Å². The minimum absolute atomic E-state index is 0.0472. The van der Waals surface area contributed by atoms with E-state index < -0.39 is 5.60 Å². The summed E-state index contributed by atoms with van der Waals surface area (Å²) < 4.78 is 5.64. The van der Waals surface area contributed by atoms with Gasteiger partial charge in [0, 0.05) is 25.0 Å². The maximum atomic E-state index is 12.3. The number of aliphatic hydroxyl groups is 1. The van der Waals surface area contributed by atoms with Crippen LogP contribution in [0.1, 0.15) is 45.6 Å². The Morgan fingerprint density at radius 1 is 1.41 bits per heavy atom. The highest BCUT2D eigenvalue weighted by atomic mass is 16.5. The van der Waals surface area contributed by atoms with Gasteiger partial charge in [-0.25, -0.2) is 0 Å². The molecule has 1 saturated carbocycles. The SMILES string of the molecule is CCO[C@H]1C[C@](O)(CNC(=O)[C@@H](C)c2ccccc2)C1(C)C. The van der Waals surface area contributed by atoms with Gasteiger partial charge in [-0.05, 0) is 19.4 Å². The van der Waals surface area contributed by atoms with Crippen LogP contribution in [0.5, 0.6) is 0 Å². The molecule has 2 N–H and O–H groups in total. The largest absolute Gasteiger partial charge is 0.387 e. The first-order valence-electron chi connectivity index (χ1n) is 7.98. The Hall–Kier alpha value is -1.39. The molecule has 122 valence electrons. The molecule has 0 saturated heterocycles. The van der Waals surface area contributed by atoms with E-state index in [2.05, 4.69) is 5.32 Å². The van der Waals surface area contributed by atoms with E-state index in [4.69, 9.17) is 4.74 Å². The van der Waals surface area contributed by atoms with E-state index in [1.807, 2.05) is 58.0 Å². The Kier molecular flexibility index (Phi) is 4.93. The first-order chi connectivity index (χ1) is 10.3. The molecule has 4 heteroatoms. The Morgan fingerprint density at radius 3 is 2.59 bits per heavy atom. The van der Waals surface area contributed by atoms with Gasteiger partial charge in [0.15, 0.2) is 0 Å². The minimum Gasteiger partial charge on any atom is -0.387 e. The van der Waals surface area contributed by atoms with E-state index in [0.29, 0.717) is 13.0 Å². The van der Waals surface area contributed by atoms with Crippen molar-refractivity contribution in [3.8, 4) is 0 Å². The Morgan fingerprint density at radius 2 is 2.05 bits per heavy atom. The van der Waals surface area contributed by atoms with Crippen molar-refractivity contribution in [1.82, 2.24) is 5.32 Å². The van der Waals surface area contributed by atoms with E-state index >= 15 is 0 Å². The van der Waals surface area contributed by atoms with Gasteiger partial charge in [0.05, 0.1) is 17.6 Å². The van der Waals surface area contributed by atoms with E-state index in [1.54, 1.807) is 0 Å². The summed E-state index contributed by atoms with van der Waals surface area (Å²) in [5.74, 6) is -0.286. The van der Waals surface area contributed by atoms with Crippen LogP contribution >= 0.6 is 0 Å². The van der Waals surface area contributed by atoms with Crippen molar-refractivity contribution in [2.24, 2.45) is 5.41 Å². The summed E-state index contributed by atoms with van der Waals surface area (Å²) in [4.78, 5) is 12.3.